The minimum Gasteiger partial charge on any atom is -0.489 e. The Balaban J connectivity index is 1.91. The molecule has 0 fully saturated rings. The fourth-order valence-corrected chi connectivity index (χ4v) is 2.31. The van der Waals surface area contributed by atoms with Crippen molar-refractivity contribution in [2.75, 3.05) is 0 Å². The van der Waals surface area contributed by atoms with E-state index >= 15 is 0 Å². The van der Waals surface area contributed by atoms with E-state index in [4.69, 9.17) is 4.74 Å². The van der Waals surface area contributed by atoms with Crippen molar-refractivity contribution in [2.45, 2.75) is 39.5 Å². The average Bonchev–Trinajstić information content (AvgIpc) is 2.87. The summed E-state index contributed by atoms with van der Waals surface area (Å²) in [6, 6.07) is 10.4. The summed E-state index contributed by atoms with van der Waals surface area (Å²) in [6.45, 7) is 8.01. The Morgan fingerprint density at radius 1 is 1.16 bits per heavy atom. The van der Waals surface area contributed by atoms with Crippen LogP contribution in [0.15, 0.2) is 41.1 Å². The van der Waals surface area contributed by atoms with Crippen LogP contribution in [0.5, 0.6) is 5.75 Å². The van der Waals surface area contributed by atoms with Gasteiger partial charge in [-0.15, -0.1) is 0 Å². The molecule has 1 aromatic heterocycles. The Hall–Kier alpha value is -1.32. The maximum Gasteiger partial charge on any atom is 0.120 e. The van der Waals surface area contributed by atoms with Gasteiger partial charge in [0.1, 0.15) is 12.4 Å². The lowest BCUT2D eigenvalue weighted by Crippen LogP contribution is -2.35. The highest BCUT2D eigenvalue weighted by Crippen LogP contribution is 2.16. The lowest BCUT2D eigenvalue weighted by atomic mass is 10.1. The molecule has 0 aliphatic rings. The van der Waals surface area contributed by atoms with Gasteiger partial charge in [0.25, 0.3) is 0 Å². The monoisotopic (exact) mass is 275 g/mol. The molecule has 0 bridgehead atoms. The van der Waals surface area contributed by atoms with Crippen molar-refractivity contribution in [2.24, 2.45) is 0 Å². The largest absolute Gasteiger partial charge is 0.489 e. The van der Waals surface area contributed by atoms with Crippen LogP contribution in [0.25, 0.3) is 0 Å². The van der Waals surface area contributed by atoms with E-state index in [9.17, 15) is 0 Å². The van der Waals surface area contributed by atoms with Gasteiger partial charge in [-0.05, 0) is 60.9 Å². The lowest BCUT2D eigenvalue weighted by Gasteiger charge is -2.20. The van der Waals surface area contributed by atoms with Crippen LogP contribution in [0.4, 0.5) is 0 Å². The number of ether oxygens (including phenoxy) is 1. The van der Waals surface area contributed by atoms with E-state index < -0.39 is 0 Å². The molecule has 2 aromatic rings. The SMILES string of the molecule is CC(C)(C)NCc1cccc(OCc2ccsc2)c1. The van der Waals surface area contributed by atoms with Crippen LogP contribution in [0.3, 0.4) is 0 Å². The first-order valence-electron chi connectivity index (χ1n) is 6.51. The topological polar surface area (TPSA) is 21.3 Å². The molecule has 2 rings (SSSR count). The number of thiophene rings is 1. The van der Waals surface area contributed by atoms with E-state index in [2.05, 4.69) is 55.0 Å². The first-order valence-corrected chi connectivity index (χ1v) is 7.45. The van der Waals surface area contributed by atoms with Crippen LogP contribution < -0.4 is 10.1 Å². The molecule has 0 aliphatic carbocycles. The van der Waals surface area contributed by atoms with E-state index in [1.54, 1.807) is 11.3 Å². The van der Waals surface area contributed by atoms with E-state index in [0.29, 0.717) is 6.61 Å². The van der Waals surface area contributed by atoms with Crippen molar-refractivity contribution >= 4 is 11.3 Å². The summed E-state index contributed by atoms with van der Waals surface area (Å²) in [4.78, 5) is 0. The first kappa shape index (κ1) is 14.1. The number of rotatable bonds is 5. The Bertz CT molecular complexity index is 500. The molecule has 0 amide bonds. The minimum atomic E-state index is 0.132. The Morgan fingerprint density at radius 3 is 2.68 bits per heavy atom. The van der Waals surface area contributed by atoms with Crippen molar-refractivity contribution in [1.29, 1.82) is 0 Å². The summed E-state index contributed by atoms with van der Waals surface area (Å²) in [6.07, 6.45) is 0. The van der Waals surface area contributed by atoms with Crippen molar-refractivity contribution in [3.63, 3.8) is 0 Å². The van der Waals surface area contributed by atoms with Gasteiger partial charge < -0.3 is 10.1 Å². The first-order chi connectivity index (χ1) is 9.03. The molecular formula is C16H21NOS. The molecule has 1 aromatic carbocycles. The molecule has 0 unspecified atom stereocenters. The third-order valence-corrected chi connectivity index (χ3v) is 3.44. The van der Waals surface area contributed by atoms with Gasteiger partial charge in [-0.3, -0.25) is 0 Å². The van der Waals surface area contributed by atoms with Gasteiger partial charge in [0.2, 0.25) is 0 Å². The van der Waals surface area contributed by atoms with Gasteiger partial charge in [-0.1, -0.05) is 12.1 Å². The van der Waals surface area contributed by atoms with E-state index in [1.165, 1.54) is 11.1 Å². The fourth-order valence-electron chi connectivity index (χ4n) is 1.65. The fraction of sp³-hybridized carbons (Fsp3) is 0.375. The number of hydrogen-bond donors (Lipinski definition) is 1. The summed E-state index contributed by atoms with van der Waals surface area (Å²) in [5, 5.41) is 7.67. The zero-order valence-electron chi connectivity index (χ0n) is 11.8. The average molecular weight is 275 g/mol. The van der Waals surface area contributed by atoms with Gasteiger partial charge in [-0.25, -0.2) is 0 Å². The van der Waals surface area contributed by atoms with E-state index in [0.717, 1.165) is 12.3 Å². The Labute approximate surface area is 119 Å². The van der Waals surface area contributed by atoms with Gasteiger partial charge in [0.15, 0.2) is 0 Å². The molecule has 0 atom stereocenters. The van der Waals surface area contributed by atoms with E-state index in [1.807, 2.05) is 12.1 Å². The van der Waals surface area contributed by atoms with Crippen LogP contribution in [0.2, 0.25) is 0 Å². The summed E-state index contributed by atoms with van der Waals surface area (Å²) in [5.74, 6) is 0.930. The third kappa shape index (κ3) is 5.05. The van der Waals surface area contributed by atoms with Crippen molar-refractivity contribution in [3.8, 4) is 5.75 Å². The summed E-state index contributed by atoms with van der Waals surface area (Å²) >= 11 is 1.70. The molecule has 1 N–H and O–H groups in total. The maximum atomic E-state index is 5.80. The zero-order valence-corrected chi connectivity index (χ0v) is 12.6. The van der Waals surface area contributed by atoms with Crippen LogP contribution in [-0.4, -0.2) is 5.54 Å². The summed E-state index contributed by atoms with van der Waals surface area (Å²) < 4.78 is 5.80. The molecule has 19 heavy (non-hydrogen) atoms. The molecule has 3 heteroatoms. The molecule has 1 heterocycles. The molecular weight excluding hydrogens is 254 g/mol. The number of hydrogen-bond acceptors (Lipinski definition) is 3. The standard InChI is InChI=1S/C16H21NOS/c1-16(2,3)17-10-13-5-4-6-15(9-13)18-11-14-7-8-19-12-14/h4-9,12,17H,10-11H2,1-3H3. The molecule has 0 radical (unpaired) electrons. The lowest BCUT2D eigenvalue weighted by molar-refractivity contribution is 0.306. The molecule has 0 saturated heterocycles. The van der Waals surface area contributed by atoms with Crippen molar-refractivity contribution < 1.29 is 4.74 Å². The second kappa shape index (κ2) is 6.22. The van der Waals surface area contributed by atoms with E-state index in [-0.39, 0.29) is 5.54 Å². The van der Waals surface area contributed by atoms with Gasteiger partial charge in [0, 0.05) is 12.1 Å². The van der Waals surface area contributed by atoms with Gasteiger partial charge >= 0.3 is 0 Å². The molecule has 0 aliphatic heterocycles. The molecule has 102 valence electrons. The van der Waals surface area contributed by atoms with Crippen LogP contribution in [-0.2, 0) is 13.2 Å². The third-order valence-electron chi connectivity index (χ3n) is 2.71. The normalized spacial score (nSPS) is 11.5. The van der Waals surface area contributed by atoms with Gasteiger partial charge in [0.05, 0.1) is 0 Å². The second-order valence-corrected chi connectivity index (χ2v) is 6.45. The smallest absolute Gasteiger partial charge is 0.120 e. The highest BCUT2D eigenvalue weighted by atomic mass is 32.1. The minimum absolute atomic E-state index is 0.132. The predicted octanol–water partition coefficient (Wildman–Crippen LogP) is 4.22. The Morgan fingerprint density at radius 2 is 2.00 bits per heavy atom. The zero-order chi connectivity index (χ0) is 13.7. The highest BCUT2D eigenvalue weighted by Gasteiger charge is 2.08. The molecule has 2 nitrogen and oxygen atoms in total. The van der Waals surface area contributed by atoms with Crippen LogP contribution in [0.1, 0.15) is 31.9 Å². The number of nitrogens with one attached hydrogen (secondary N) is 1. The maximum absolute atomic E-state index is 5.80. The number of benzene rings is 1. The van der Waals surface area contributed by atoms with Crippen molar-refractivity contribution in [3.05, 3.63) is 52.2 Å². The summed E-state index contributed by atoms with van der Waals surface area (Å²) in [7, 11) is 0. The second-order valence-electron chi connectivity index (χ2n) is 5.67. The van der Waals surface area contributed by atoms with Gasteiger partial charge in [-0.2, -0.15) is 11.3 Å². The highest BCUT2D eigenvalue weighted by molar-refractivity contribution is 7.07. The quantitative estimate of drug-likeness (QED) is 0.882. The van der Waals surface area contributed by atoms with Crippen molar-refractivity contribution in [1.82, 2.24) is 5.32 Å². The molecule has 0 spiro atoms. The molecule has 0 saturated carbocycles. The summed E-state index contributed by atoms with van der Waals surface area (Å²) in [5.41, 5.74) is 2.61. The van der Waals surface area contributed by atoms with Crippen LogP contribution in [0, 0.1) is 0 Å². The van der Waals surface area contributed by atoms with Crippen LogP contribution >= 0.6 is 11.3 Å². The Kier molecular flexibility index (Phi) is 4.61. The predicted molar refractivity (Wildman–Crippen MR) is 81.7 cm³/mol.